The number of imidazole rings is 1. The van der Waals surface area contributed by atoms with E-state index in [1.165, 1.54) is 19.3 Å². The third kappa shape index (κ3) is 2.40. The topological polar surface area (TPSA) is 43.8 Å². The Kier molecular flexibility index (Phi) is 3.33. The van der Waals surface area contributed by atoms with Gasteiger partial charge in [0.25, 0.3) is 0 Å². The Morgan fingerprint density at radius 1 is 1.21 bits per heavy atom. The van der Waals surface area contributed by atoms with Gasteiger partial charge in [0.1, 0.15) is 0 Å². The number of benzene rings is 1. The predicted molar refractivity (Wildman–Crippen MR) is 77.5 cm³/mol. The van der Waals surface area contributed by atoms with Crippen molar-refractivity contribution in [3.05, 3.63) is 47.5 Å². The third-order valence-corrected chi connectivity index (χ3v) is 4.35. The molecule has 19 heavy (non-hydrogen) atoms. The zero-order chi connectivity index (χ0) is 13.3. The fraction of sp³-hybridized carbons (Fsp3) is 0.400. The maximum atomic E-state index is 6.54. The highest BCUT2D eigenvalue weighted by Crippen LogP contribution is 2.36. The van der Waals surface area contributed by atoms with E-state index in [9.17, 15) is 0 Å². The summed E-state index contributed by atoms with van der Waals surface area (Å²) in [5.41, 5.74) is 8.44. The van der Waals surface area contributed by atoms with E-state index in [0.717, 1.165) is 29.1 Å². The average Bonchev–Trinajstić information content (AvgIpc) is 2.93. The maximum Gasteiger partial charge on any atom is 0.0992 e. The minimum Gasteiger partial charge on any atom is -0.321 e. The van der Waals surface area contributed by atoms with Crippen molar-refractivity contribution in [2.24, 2.45) is 5.73 Å². The van der Waals surface area contributed by atoms with Gasteiger partial charge < -0.3 is 10.3 Å². The van der Waals surface area contributed by atoms with Gasteiger partial charge in [-0.05, 0) is 30.5 Å². The van der Waals surface area contributed by atoms with Gasteiger partial charge in [-0.3, -0.25) is 0 Å². The van der Waals surface area contributed by atoms with Crippen LogP contribution in [-0.2, 0) is 5.54 Å². The molecule has 0 saturated heterocycles. The first-order chi connectivity index (χ1) is 9.19. The van der Waals surface area contributed by atoms with Gasteiger partial charge in [0.15, 0.2) is 0 Å². The van der Waals surface area contributed by atoms with Crippen molar-refractivity contribution in [1.82, 2.24) is 9.55 Å². The lowest BCUT2D eigenvalue weighted by molar-refractivity contribution is 0.302. The molecule has 1 aliphatic rings. The summed E-state index contributed by atoms with van der Waals surface area (Å²) in [7, 11) is 0. The number of aromatic nitrogens is 2. The van der Waals surface area contributed by atoms with E-state index in [1.54, 1.807) is 12.5 Å². The standard InChI is InChI=1S/C15H18ClN3/c16-13-10-12(15(17)6-2-1-3-7-15)4-5-14(13)19-9-8-18-11-19/h4-5,8-11H,1-3,6-7,17H2. The first kappa shape index (κ1) is 12.7. The minimum absolute atomic E-state index is 0.199. The molecule has 0 amide bonds. The number of hydrogen-bond donors (Lipinski definition) is 1. The molecule has 2 aromatic rings. The molecule has 0 unspecified atom stereocenters. The molecule has 1 fully saturated rings. The Hall–Kier alpha value is -1.32. The lowest BCUT2D eigenvalue weighted by atomic mass is 9.77. The van der Waals surface area contributed by atoms with Gasteiger partial charge in [-0.25, -0.2) is 4.98 Å². The molecule has 0 spiro atoms. The van der Waals surface area contributed by atoms with Crippen molar-refractivity contribution >= 4 is 11.6 Å². The van der Waals surface area contributed by atoms with E-state index in [4.69, 9.17) is 17.3 Å². The van der Waals surface area contributed by atoms with Crippen molar-refractivity contribution in [2.75, 3.05) is 0 Å². The molecule has 2 N–H and O–H groups in total. The minimum atomic E-state index is -0.199. The van der Waals surface area contributed by atoms with Crippen molar-refractivity contribution in [1.29, 1.82) is 0 Å². The lowest BCUT2D eigenvalue weighted by Crippen LogP contribution is -2.38. The highest BCUT2D eigenvalue weighted by molar-refractivity contribution is 6.32. The molecule has 1 aromatic carbocycles. The van der Waals surface area contributed by atoms with Crippen molar-refractivity contribution in [2.45, 2.75) is 37.6 Å². The van der Waals surface area contributed by atoms with Crippen LogP contribution in [0.25, 0.3) is 5.69 Å². The predicted octanol–water partition coefficient (Wildman–Crippen LogP) is 3.64. The quantitative estimate of drug-likeness (QED) is 0.909. The third-order valence-electron chi connectivity index (χ3n) is 4.05. The molecule has 4 heteroatoms. The summed E-state index contributed by atoms with van der Waals surface area (Å²) >= 11 is 6.40. The smallest absolute Gasteiger partial charge is 0.0992 e. The molecule has 3 nitrogen and oxygen atoms in total. The molecule has 0 atom stereocenters. The summed E-state index contributed by atoms with van der Waals surface area (Å²) in [6.07, 6.45) is 11.2. The molecule has 1 heterocycles. The van der Waals surface area contributed by atoms with E-state index in [1.807, 2.05) is 22.9 Å². The SMILES string of the molecule is NC1(c2ccc(-n3ccnc3)c(Cl)c2)CCCCC1. The van der Waals surface area contributed by atoms with Crippen molar-refractivity contribution in [3.8, 4) is 5.69 Å². The summed E-state index contributed by atoms with van der Waals surface area (Å²) in [6, 6.07) is 6.15. The summed E-state index contributed by atoms with van der Waals surface area (Å²) < 4.78 is 1.91. The van der Waals surface area contributed by atoms with E-state index >= 15 is 0 Å². The summed E-state index contributed by atoms with van der Waals surface area (Å²) in [5.74, 6) is 0. The van der Waals surface area contributed by atoms with Crippen LogP contribution < -0.4 is 5.73 Å². The number of rotatable bonds is 2. The van der Waals surface area contributed by atoms with Crippen LogP contribution in [0.4, 0.5) is 0 Å². The molecule has 1 aromatic heterocycles. The largest absolute Gasteiger partial charge is 0.321 e. The summed E-state index contributed by atoms with van der Waals surface area (Å²) in [5, 5.41) is 0.728. The molecule has 1 saturated carbocycles. The van der Waals surface area contributed by atoms with Gasteiger partial charge in [-0.1, -0.05) is 36.9 Å². The highest BCUT2D eigenvalue weighted by atomic mass is 35.5. The van der Waals surface area contributed by atoms with Crippen LogP contribution in [0.1, 0.15) is 37.7 Å². The molecule has 0 bridgehead atoms. The number of nitrogens with zero attached hydrogens (tertiary/aromatic N) is 2. The van der Waals surface area contributed by atoms with Crippen LogP contribution in [0, 0.1) is 0 Å². The number of halogens is 1. The zero-order valence-electron chi connectivity index (χ0n) is 10.8. The van der Waals surface area contributed by atoms with Gasteiger partial charge in [0.2, 0.25) is 0 Å². The molecule has 0 aliphatic heterocycles. The van der Waals surface area contributed by atoms with Crippen LogP contribution >= 0.6 is 11.6 Å². The molecule has 1 aliphatic carbocycles. The van der Waals surface area contributed by atoms with Crippen LogP contribution in [-0.4, -0.2) is 9.55 Å². The van der Waals surface area contributed by atoms with Crippen molar-refractivity contribution < 1.29 is 0 Å². The second-order valence-corrected chi connectivity index (χ2v) is 5.76. The fourth-order valence-corrected chi connectivity index (χ4v) is 3.18. The van der Waals surface area contributed by atoms with Crippen LogP contribution in [0.15, 0.2) is 36.9 Å². The van der Waals surface area contributed by atoms with Crippen LogP contribution in [0.3, 0.4) is 0 Å². The fourth-order valence-electron chi connectivity index (χ4n) is 2.90. The monoisotopic (exact) mass is 275 g/mol. The van der Waals surface area contributed by atoms with Gasteiger partial charge >= 0.3 is 0 Å². The summed E-state index contributed by atoms with van der Waals surface area (Å²) in [4.78, 5) is 4.05. The second kappa shape index (κ2) is 4.99. The first-order valence-electron chi connectivity index (χ1n) is 6.76. The number of nitrogens with two attached hydrogens (primary N) is 1. The zero-order valence-corrected chi connectivity index (χ0v) is 11.6. The Labute approximate surface area is 118 Å². The van der Waals surface area contributed by atoms with Gasteiger partial charge in [-0.2, -0.15) is 0 Å². The lowest BCUT2D eigenvalue weighted by Gasteiger charge is -2.34. The van der Waals surface area contributed by atoms with Crippen molar-refractivity contribution in [3.63, 3.8) is 0 Å². The average molecular weight is 276 g/mol. The Bertz CT molecular complexity index is 557. The van der Waals surface area contributed by atoms with Gasteiger partial charge in [0, 0.05) is 17.9 Å². The normalized spacial score (nSPS) is 18.4. The van der Waals surface area contributed by atoms with E-state index < -0.39 is 0 Å². The molecular formula is C15H18ClN3. The van der Waals surface area contributed by atoms with Gasteiger partial charge in [-0.15, -0.1) is 0 Å². The molecule has 3 rings (SSSR count). The van der Waals surface area contributed by atoms with E-state index in [2.05, 4.69) is 11.1 Å². The highest BCUT2D eigenvalue weighted by Gasteiger charge is 2.29. The van der Waals surface area contributed by atoms with E-state index in [0.29, 0.717) is 0 Å². The second-order valence-electron chi connectivity index (χ2n) is 5.35. The van der Waals surface area contributed by atoms with E-state index in [-0.39, 0.29) is 5.54 Å². The number of hydrogen-bond acceptors (Lipinski definition) is 2. The Balaban J connectivity index is 1.95. The molecule has 0 radical (unpaired) electrons. The molecule has 100 valence electrons. The Morgan fingerprint density at radius 3 is 2.63 bits per heavy atom. The van der Waals surface area contributed by atoms with Crippen LogP contribution in [0.5, 0.6) is 0 Å². The first-order valence-corrected chi connectivity index (χ1v) is 7.14. The van der Waals surface area contributed by atoms with Crippen LogP contribution in [0.2, 0.25) is 5.02 Å². The maximum absolute atomic E-state index is 6.54. The molecular weight excluding hydrogens is 258 g/mol. The Morgan fingerprint density at radius 2 is 2.00 bits per heavy atom. The van der Waals surface area contributed by atoms with Gasteiger partial charge in [0.05, 0.1) is 17.0 Å². The summed E-state index contributed by atoms with van der Waals surface area (Å²) in [6.45, 7) is 0.